The first-order chi connectivity index (χ1) is 14.8. The number of benzene rings is 2. The maximum absolute atomic E-state index is 6.04. The van der Waals surface area contributed by atoms with E-state index in [9.17, 15) is 0 Å². The normalized spacial score (nSPS) is 15.4. The molecule has 0 spiro atoms. The average Bonchev–Trinajstić information content (AvgIpc) is 2.94. The third-order valence-corrected chi connectivity index (χ3v) is 6.22. The second-order valence-corrected chi connectivity index (χ2v) is 8.37. The van der Waals surface area contributed by atoms with Crippen molar-refractivity contribution in [3.05, 3.63) is 59.9 Å². The number of hydrogen-bond donors (Lipinski definition) is 0. The third kappa shape index (κ3) is 5.42. The van der Waals surface area contributed by atoms with Gasteiger partial charge in [-0.15, -0.1) is 0 Å². The summed E-state index contributed by atoms with van der Waals surface area (Å²) in [6.07, 6.45) is 8.76. The highest BCUT2D eigenvalue weighted by Gasteiger charge is 2.13. The summed E-state index contributed by atoms with van der Waals surface area (Å²) in [4.78, 5) is 7.59. The molecule has 0 aliphatic carbocycles. The Morgan fingerprint density at radius 1 is 0.900 bits per heavy atom. The number of hydrogen-bond acceptors (Lipinski definition) is 3. The van der Waals surface area contributed by atoms with E-state index in [0.717, 1.165) is 30.7 Å². The van der Waals surface area contributed by atoms with Gasteiger partial charge in [-0.05, 0) is 75.1 Å². The van der Waals surface area contributed by atoms with Crippen LogP contribution in [0.15, 0.2) is 48.5 Å². The summed E-state index contributed by atoms with van der Waals surface area (Å²) >= 11 is 0. The van der Waals surface area contributed by atoms with Crippen LogP contribution < -0.4 is 4.74 Å². The van der Waals surface area contributed by atoms with Gasteiger partial charge < -0.3 is 14.2 Å². The fourth-order valence-corrected chi connectivity index (χ4v) is 4.46. The van der Waals surface area contributed by atoms with Crippen LogP contribution in [0.5, 0.6) is 5.75 Å². The second-order valence-electron chi connectivity index (χ2n) is 8.37. The van der Waals surface area contributed by atoms with E-state index in [1.54, 1.807) is 0 Å². The molecule has 4 heteroatoms. The molecule has 0 saturated carbocycles. The van der Waals surface area contributed by atoms with Crippen molar-refractivity contribution >= 4 is 11.0 Å². The highest BCUT2D eigenvalue weighted by molar-refractivity contribution is 5.75. The van der Waals surface area contributed by atoms with Crippen LogP contribution in [-0.4, -0.2) is 40.7 Å². The van der Waals surface area contributed by atoms with Crippen molar-refractivity contribution < 1.29 is 4.74 Å². The Hall–Kier alpha value is -2.33. The molecule has 4 nitrogen and oxygen atoms in total. The van der Waals surface area contributed by atoms with Crippen molar-refractivity contribution in [3.8, 4) is 5.75 Å². The molecule has 4 rings (SSSR count). The van der Waals surface area contributed by atoms with Gasteiger partial charge >= 0.3 is 0 Å². The number of likely N-dealkylation sites (tertiary alicyclic amines) is 1. The van der Waals surface area contributed by atoms with E-state index in [-0.39, 0.29) is 0 Å². The van der Waals surface area contributed by atoms with Crippen molar-refractivity contribution in [1.82, 2.24) is 14.5 Å². The van der Waals surface area contributed by atoms with Gasteiger partial charge in [0.1, 0.15) is 18.2 Å². The minimum Gasteiger partial charge on any atom is -0.492 e. The molecule has 1 fully saturated rings. The zero-order valence-electron chi connectivity index (χ0n) is 18.4. The van der Waals surface area contributed by atoms with Gasteiger partial charge in [-0.3, -0.25) is 0 Å². The quantitative estimate of drug-likeness (QED) is 0.472. The van der Waals surface area contributed by atoms with E-state index in [2.05, 4.69) is 64.9 Å². The fourth-order valence-electron chi connectivity index (χ4n) is 4.46. The lowest BCUT2D eigenvalue weighted by molar-refractivity contribution is 0.278. The summed E-state index contributed by atoms with van der Waals surface area (Å²) in [5.74, 6) is 2.13. The van der Waals surface area contributed by atoms with Crippen LogP contribution in [0.3, 0.4) is 0 Å². The lowest BCUT2D eigenvalue weighted by Crippen LogP contribution is -2.26. The molecule has 1 aliphatic rings. The Morgan fingerprint density at radius 3 is 2.43 bits per heavy atom. The van der Waals surface area contributed by atoms with Gasteiger partial charge in [0.15, 0.2) is 0 Å². The minimum absolute atomic E-state index is 0.658. The van der Waals surface area contributed by atoms with Gasteiger partial charge in [0.2, 0.25) is 0 Å². The number of fused-ring (bicyclic) bond motifs is 1. The van der Waals surface area contributed by atoms with E-state index in [0.29, 0.717) is 6.61 Å². The lowest BCUT2D eigenvalue weighted by atomic mass is 10.2. The van der Waals surface area contributed by atoms with Crippen LogP contribution in [0.25, 0.3) is 11.0 Å². The SMILES string of the molecule is CCc1ccc(OCCn2c(CCCN3CCCCCC3)nc3ccccc32)cc1. The van der Waals surface area contributed by atoms with Crippen molar-refractivity contribution in [2.75, 3.05) is 26.2 Å². The van der Waals surface area contributed by atoms with Crippen molar-refractivity contribution in [2.45, 2.75) is 58.4 Å². The highest BCUT2D eigenvalue weighted by Crippen LogP contribution is 2.19. The number of rotatable bonds is 9. The standard InChI is InChI=1S/C26H35N3O/c1-2-22-13-15-23(16-14-22)30-21-20-29-25-11-6-5-10-24(25)27-26(29)12-9-19-28-17-7-3-4-8-18-28/h5-6,10-11,13-16H,2-4,7-9,12,17-21H2,1H3. The molecule has 0 unspecified atom stereocenters. The molecule has 1 aliphatic heterocycles. The van der Waals surface area contributed by atoms with Gasteiger partial charge in [0.25, 0.3) is 0 Å². The molecule has 0 amide bonds. The van der Waals surface area contributed by atoms with Gasteiger partial charge in [-0.25, -0.2) is 4.98 Å². The summed E-state index contributed by atoms with van der Waals surface area (Å²) in [6, 6.07) is 16.9. The minimum atomic E-state index is 0.658. The number of aryl methyl sites for hydroxylation is 2. The maximum atomic E-state index is 6.04. The number of nitrogens with zero attached hydrogens (tertiary/aromatic N) is 3. The van der Waals surface area contributed by atoms with Crippen LogP contribution in [0.1, 0.15) is 50.4 Å². The van der Waals surface area contributed by atoms with E-state index < -0.39 is 0 Å². The third-order valence-electron chi connectivity index (χ3n) is 6.22. The first kappa shape index (κ1) is 20.9. The molecule has 2 heterocycles. The van der Waals surface area contributed by atoms with E-state index in [1.165, 1.54) is 68.6 Å². The molecule has 160 valence electrons. The Kier molecular flexibility index (Phi) is 7.41. The Balaban J connectivity index is 1.38. The average molecular weight is 406 g/mol. The van der Waals surface area contributed by atoms with Gasteiger partial charge in [-0.1, -0.05) is 44.0 Å². The zero-order valence-corrected chi connectivity index (χ0v) is 18.4. The van der Waals surface area contributed by atoms with Crippen molar-refractivity contribution in [3.63, 3.8) is 0 Å². The highest BCUT2D eigenvalue weighted by atomic mass is 16.5. The topological polar surface area (TPSA) is 30.3 Å². The summed E-state index contributed by atoms with van der Waals surface area (Å²) in [5, 5.41) is 0. The van der Waals surface area contributed by atoms with Gasteiger partial charge in [0.05, 0.1) is 17.6 Å². The Morgan fingerprint density at radius 2 is 1.67 bits per heavy atom. The molecule has 0 atom stereocenters. The lowest BCUT2D eigenvalue weighted by Gasteiger charge is -2.19. The van der Waals surface area contributed by atoms with Crippen LogP contribution in [0.4, 0.5) is 0 Å². The van der Waals surface area contributed by atoms with Crippen LogP contribution in [0, 0.1) is 0 Å². The smallest absolute Gasteiger partial charge is 0.119 e. The number of aromatic nitrogens is 2. The molecule has 1 saturated heterocycles. The molecule has 0 radical (unpaired) electrons. The van der Waals surface area contributed by atoms with Crippen molar-refractivity contribution in [1.29, 1.82) is 0 Å². The van der Waals surface area contributed by atoms with Gasteiger partial charge in [0, 0.05) is 6.42 Å². The summed E-state index contributed by atoms with van der Waals surface area (Å²) in [5.41, 5.74) is 3.65. The number of imidazole rings is 1. The molecular weight excluding hydrogens is 370 g/mol. The fraction of sp³-hybridized carbons (Fsp3) is 0.500. The zero-order chi connectivity index (χ0) is 20.6. The maximum Gasteiger partial charge on any atom is 0.119 e. The number of para-hydroxylation sites is 2. The molecule has 3 aromatic rings. The van der Waals surface area contributed by atoms with Crippen LogP contribution >= 0.6 is 0 Å². The van der Waals surface area contributed by atoms with Crippen LogP contribution in [0.2, 0.25) is 0 Å². The predicted octanol–water partition coefficient (Wildman–Crippen LogP) is 5.49. The van der Waals surface area contributed by atoms with E-state index in [1.807, 2.05) is 0 Å². The molecule has 0 N–H and O–H groups in total. The Labute approximate surface area is 180 Å². The predicted molar refractivity (Wildman–Crippen MR) is 124 cm³/mol. The van der Waals surface area contributed by atoms with E-state index >= 15 is 0 Å². The number of ether oxygens (including phenoxy) is 1. The molecule has 2 aromatic carbocycles. The largest absolute Gasteiger partial charge is 0.492 e. The monoisotopic (exact) mass is 405 g/mol. The molecule has 0 bridgehead atoms. The molecular formula is C26H35N3O. The van der Waals surface area contributed by atoms with Gasteiger partial charge in [-0.2, -0.15) is 0 Å². The first-order valence-electron chi connectivity index (χ1n) is 11.7. The van der Waals surface area contributed by atoms with E-state index in [4.69, 9.17) is 9.72 Å². The molecule has 30 heavy (non-hydrogen) atoms. The Bertz CT molecular complexity index is 908. The summed E-state index contributed by atoms with van der Waals surface area (Å²) < 4.78 is 8.40. The first-order valence-corrected chi connectivity index (χ1v) is 11.7. The summed E-state index contributed by atoms with van der Waals surface area (Å²) in [6.45, 7) is 7.38. The molecule has 1 aromatic heterocycles. The van der Waals surface area contributed by atoms with Crippen molar-refractivity contribution in [2.24, 2.45) is 0 Å². The van der Waals surface area contributed by atoms with Crippen LogP contribution in [-0.2, 0) is 19.4 Å². The summed E-state index contributed by atoms with van der Waals surface area (Å²) in [7, 11) is 0. The second kappa shape index (κ2) is 10.6.